The molecule has 0 radical (unpaired) electrons. The Morgan fingerprint density at radius 3 is 2.57 bits per heavy atom. The third-order valence-corrected chi connectivity index (χ3v) is 3.72. The van der Waals surface area contributed by atoms with Gasteiger partial charge >= 0.3 is 12.0 Å². The van der Waals surface area contributed by atoms with Gasteiger partial charge in [-0.3, -0.25) is 9.59 Å². The molecule has 21 heavy (non-hydrogen) atoms. The maximum absolute atomic E-state index is 12.5. The summed E-state index contributed by atoms with van der Waals surface area (Å²) in [4.78, 5) is 38.2. The van der Waals surface area contributed by atoms with Crippen molar-refractivity contribution in [3.63, 3.8) is 0 Å². The zero-order valence-corrected chi connectivity index (χ0v) is 13.1. The summed E-state index contributed by atoms with van der Waals surface area (Å²) in [5.41, 5.74) is 0. The Balaban J connectivity index is 2.81. The van der Waals surface area contributed by atoms with E-state index in [1.54, 1.807) is 11.9 Å². The van der Waals surface area contributed by atoms with Crippen molar-refractivity contribution in [2.24, 2.45) is 5.92 Å². The van der Waals surface area contributed by atoms with Crippen LogP contribution in [0.2, 0.25) is 0 Å². The van der Waals surface area contributed by atoms with E-state index in [0.717, 1.165) is 6.42 Å². The first kappa shape index (κ1) is 17.3. The predicted molar refractivity (Wildman–Crippen MR) is 77.8 cm³/mol. The van der Waals surface area contributed by atoms with E-state index in [1.165, 1.54) is 4.90 Å². The molecule has 0 aliphatic carbocycles. The fourth-order valence-corrected chi connectivity index (χ4v) is 2.54. The zero-order chi connectivity index (χ0) is 16.2. The zero-order valence-electron chi connectivity index (χ0n) is 13.1. The average Bonchev–Trinajstić information content (AvgIpc) is 2.38. The highest BCUT2D eigenvalue weighted by atomic mass is 16.4. The van der Waals surface area contributed by atoms with Crippen molar-refractivity contribution in [2.45, 2.75) is 45.7 Å². The second-order valence-corrected chi connectivity index (χ2v) is 5.97. The van der Waals surface area contributed by atoms with E-state index in [-0.39, 0.29) is 18.5 Å². The average molecular weight is 299 g/mol. The van der Waals surface area contributed by atoms with Gasteiger partial charge in [-0.05, 0) is 19.3 Å². The van der Waals surface area contributed by atoms with Gasteiger partial charge in [0.05, 0.1) is 6.42 Å². The van der Waals surface area contributed by atoms with Gasteiger partial charge in [0.25, 0.3) is 0 Å². The lowest BCUT2D eigenvalue weighted by Gasteiger charge is -2.38. The van der Waals surface area contributed by atoms with E-state index in [2.05, 4.69) is 19.2 Å². The summed E-state index contributed by atoms with van der Waals surface area (Å²) in [6.45, 7) is 6.80. The number of carboxylic acid groups (broad SMARTS) is 1. The van der Waals surface area contributed by atoms with Gasteiger partial charge in [0, 0.05) is 26.2 Å². The molecule has 3 amide bonds. The molecule has 120 valence electrons. The number of nitrogens with one attached hydrogen (secondary N) is 1. The number of hydrogen-bond donors (Lipinski definition) is 2. The number of aliphatic carboxylic acids is 1. The number of piperazine rings is 1. The van der Waals surface area contributed by atoms with Gasteiger partial charge in [-0.1, -0.05) is 13.8 Å². The van der Waals surface area contributed by atoms with Crippen LogP contribution in [-0.2, 0) is 9.59 Å². The third kappa shape index (κ3) is 4.61. The molecule has 0 aromatic heterocycles. The second-order valence-electron chi connectivity index (χ2n) is 5.97. The number of amides is 3. The predicted octanol–water partition coefficient (Wildman–Crippen LogP) is 0.748. The van der Waals surface area contributed by atoms with E-state index in [4.69, 9.17) is 5.11 Å². The van der Waals surface area contributed by atoms with Gasteiger partial charge in [-0.25, -0.2) is 4.79 Å². The van der Waals surface area contributed by atoms with Crippen molar-refractivity contribution in [2.75, 3.05) is 20.1 Å². The van der Waals surface area contributed by atoms with Gasteiger partial charge in [0.15, 0.2) is 0 Å². The van der Waals surface area contributed by atoms with Crippen LogP contribution in [0.3, 0.4) is 0 Å². The monoisotopic (exact) mass is 299 g/mol. The summed E-state index contributed by atoms with van der Waals surface area (Å²) in [5.74, 6) is -1.04. The number of nitrogens with zero attached hydrogens (tertiary/aromatic N) is 2. The van der Waals surface area contributed by atoms with E-state index in [9.17, 15) is 14.4 Å². The van der Waals surface area contributed by atoms with Crippen molar-refractivity contribution < 1.29 is 19.5 Å². The molecule has 0 spiro atoms. The number of hydrogen-bond acceptors (Lipinski definition) is 3. The standard InChI is InChI=1S/C14H25N3O4/c1-9(2)7-10(3)16(4)14(21)17-6-5-15-13(20)11(17)8-12(18)19/h9-11H,5-8H2,1-4H3,(H,15,20)(H,18,19). The van der Waals surface area contributed by atoms with Crippen LogP contribution >= 0.6 is 0 Å². The minimum Gasteiger partial charge on any atom is -0.481 e. The summed E-state index contributed by atoms with van der Waals surface area (Å²) in [6.07, 6.45) is 0.482. The molecule has 1 rings (SSSR count). The van der Waals surface area contributed by atoms with Crippen molar-refractivity contribution in [3.05, 3.63) is 0 Å². The normalized spacial score (nSPS) is 20.1. The smallest absolute Gasteiger partial charge is 0.320 e. The molecule has 2 atom stereocenters. The number of urea groups is 1. The minimum absolute atomic E-state index is 0.0352. The van der Waals surface area contributed by atoms with Gasteiger partial charge in [0.2, 0.25) is 5.91 Å². The fourth-order valence-electron chi connectivity index (χ4n) is 2.54. The lowest BCUT2D eigenvalue weighted by Crippen LogP contribution is -2.60. The van der Waals surface area contributed by atoms with Crippen LogP contribution < -0.4 is 5.32 Å². The molecule has 0 bridgehead atoms. The lowest BCUT2D eigenvalue weighted by molar-refractivity contribution is -0.142. The van der Waals surface area contributed by atoms with Crippen molar-refractivity contribution >= 4 is 17.9 Å². The Morgan fingerprint density at radius 2 is 2.05 bits per heavy atom. The maximum Gasteiger partial charge on any atom is 0.320 e. The van der Waals surface area contributed by atoms with Crippen molar-refractivity contribution in [1.82, 2.24) is 15.1 Å². The van der Waals surface area contributed by atoms with Crippen LogP contribution in [0.1, 0.15) is 33.6 Å². The first-order valence-electron chi connectivity index (χ1n) is 7.27. The molecule has 1 aliphatic heterocycles. The first-order chi connectivity index (χ1) is 9.73. The molecule has 7 heteroatoms. The summed E-state index contributed by atoms with van der Waals surface area (Å²) >= 11 is 0. The van der Waals surface area contributed by atoms with Gasteiger partial charge in [-0.15, -0.1) is 0 Å². The second kappa shape index (κ2) is 7.28. The number of rotatable bonds is 5. The summed E-state index contributed by atoms with van der Waals surface area (Å²) < 4.78 is 0. The van der Waals surface area contributed by atoms with Crippen LogP contribution in [0.25, 0.3) is 0 Å². The Morgan fingerprint density at radius 1 is 1.43 bits per heavy atom. The fraction of sp³-hybridized carbons (Fsp3) is 0.786. The van der Waals surface area contributed by atoms with Gasteiger partial charge < -0.3 is 20.2 Å². The van der Waals surface area contributed by atoms with Crippen LogP contribution in [0.5, 0.6) is 0 Å². The molecule has 1 heterocycles. The Kier molecular flexibility index (Phi) is 5.99. The Labute approximate surface area is 125 Å². The third-order valence-electron chi connectivity index (χ3n) is 3.72. The largest absolute Gasteiger partial charge is 0.481 e. The lowest BCUT2D eigenvalue weighted by atomic mass is 10.0. The molecule has 1 aliphatic rings. The summed E-state index contributed by atoms with van der Waals surface area (Å²) in [7, 11) is 1.69. The Hall–Kier alpha value is -1.79. The molecular formula is C14H25N3O4. The molecule has 1 saturated heterocycles. The molecular weight excluding hydrogens is 274 g/mol. The van der Waals surface area contributed by atoms with Crippen molar-refractivity contribution in [1.29, 1.82) is 0 Å². The summed E-state index contributed by atoms with van der Waals surface area (Å²) in [6, 6.07) is -1.19. The van der Waals surface area contributed by atoms with E-state index < -0.39 is 17.9 Å². The molecule has 2 N–H and O–H groups in total. The maximum atomic E-state index is 12.5. The van der Waals surface area contributed by atoms with Crippen LogP contribution in [0.4, 0.5) is 4.79 Å². The highest BCUT2D eigenvalue weighted by Crippen LogP contribution is 2.16. The van der Waals surface area contributed by atoms with Gasteiger partial charge in [-0.2, -0.15) is 0 Å². The molecule has 0 saturated carbocycles. The topological polar surface area (TPSA) is 90.0 Å². The first-order valence-corrected chi connectivity index (χ1v) is 7.27. The van der Waals surface area contributed by atoms with E-state index in [0.29, 0.717) is 19.0 Å². The summed E-state index contributed by atoms with van der Waals surface area (Å²) in [5, 5.41) is 11.5. The minimum atomic E-state index is -1.09. The van der Waals surface area contributed by atoms with E-state index in [1.807, 2.05) is 6.92 Å². The molecule has 7 nitrogen and oxygen atoms in total. The Bertz CT molecular complexity index is 411. The molecule has 0 aromatic carbocycles. The molecule has 2 unspecified atom stereocenters. The number of carbonyl (C=O) groups excluding carboxylic acids is 2. The van der Waals surface area contributed by atoms with Crippen molar-refractivity contribution in [3.8, 4) is 0 Å². The van der Waals surface area contributed by atoms with Gasteiger partial charge in [0.1, 0.15) is 6.04 Å². The molecule has 0 aromatic rings. The SMILES string of the molecule is CC(C)CC(C)N(C)C(=O)N1CCNC(=O)C1CC(=O)O. The quantitative estimate of drug-likeness (QED) is 0.784. The van der Waals surface area contributed by atoms with Crippen LogP contribution in [0.15, 0.2) is 0 Å². The number of carbonyl (C=O) groups is 3. The highest BCUT2D eigenvalue weighted by molar-refractivity contribution is 5.91. The number of carboxylic acids is 1. The van der Waals surface area contributed by atoms with Crippen LogP contribution in [0, 0.1) is 5.92 Å². The van der Waals surface area contributed by atoms with Crippen LogP contribution in [-0.4, -0.2) is 65.0 Å². The molecule has 1 fully saturated rings. The van der Waals surface area contributed by atoms with E-state index >= 15 is 0 Å². The highest BCUT2D eigenvalue weighted by Gasteiger charge is 2.36.